The molecule has 0 N–H and O–H groups in total. The molecule has 1 atom stereocenters. The second-order valence-corrected chi connectivity index (χ2v) is 8.92. The summed E-state index contributed by atoms with van der Waals surface area (Å²) in [4.78, 5) is 15.1. The summed E-state index contributed by atoms with van der Waals surface area (Å²) in [5.74, 6) is 0.779. The van der Waals surface area contributed by atoms with Crippen LogP contribution >= 0.6 is 22.9 Å². The van der Waals surface area contributed by atoms with Gasteiger partial charge >= 0.3 is 0 Å². The highest BCUT2D eigenvalue weighted by Gasteiger charge is 2.24. The number of hydrogen-bond donors (Lipinski definition) is 0. The van der Waals surface area contributed by atoms with Gasteiger partial charge in [-0.25, -0.2) is 0 Å². The summed E-state index contributed by atoms with van der Waals surface area (Å²) in [7, 11) is 0. The van der Waals surface area contributed by atoms with Crippen molar-refractivity contribution in [2.24, 2.45) is 0 Å². The summed E-state index contributed by atoms with van der Waals surface area (Å²) in [6.07, 6.45) is 2.97. The monoisotopic (exact) mass is 455 g/mol. The third kappa shape index (κ3) is 6.33. The van der Waals surface area contributed by atoms with E-state index in [0.29, 0.717) is 30.3 Å². The minimum Gasteiger partial charge on any atom is -0.493 e. The van der Waals surface area contributed by atoms with Gasteiger partial charge in [-0.2, -0.15) is 11.3 Å². The Morgan fingerprint density at radius 1 is 1.16 bits per heavy atom. The number of ether oxygens (including phenoxy) is 2. The molecular formula is C25H26ClNO3S. The van der Waals surface area contributed by atoms with Gasteiger partial charge in [0.05, 0.1) is 12.7 Å². The van der Waals surface area contributed by atoms with E-state index in [1.165, 1.54) is 5.56 Å². The number of carbonyl (C=O) groups is 1. The number of carbonyl (C=O) groups excluding carboxylic acids is 1. The quantitative estimate of drug-likeness (QED) is 0.406. The van der Waals surface area contributed by atoms with Crippen LogP contribution in [0, 0.1) is 0 Å². The van der Waals surface area contributed by atoms with Crippen molar-refractivity contribution >= 4 is 28.8 Å². The van der Waals surface area contributed by atoms with E-state index >= 15 is 0 Å². The fourth-order valence-electron chi connectivity index (χ4n) is 3.73. The molecule has 6 heteroatoms. The highest BCUT2D eigenvalue weighted by Crippen LogP contribution is 2.21. The molecule has 1 aromatic heterocycles. The lowest BCUT2D eigenvalue weighted by Gasteiger charge is -2.26. The Bertz CT molecular complexity index is 986. The smallest absolute Gasteiger partial charge is 0.254 e. The number of amides is 1. The van der Waals surface area contributed by atoms with Crippen LogP contribution in [0.2, 0.25) is 5.02 Å². The van der Waals surface area contributed by atoms with Crippen molar-refractivity contribution in [3.8, 4) is 5.75 Å². The zero-order chi connectivity index (χ0) is 21.5. The Morgan fingerprint density at radius 3 is 2.84 bits per heavy atom. The maximum absolute atomic E-state index is 13.3. The predicted octanol–water partition coefficient (Wildman–Crippen LogP) is 5.84. The summed E-state index contributed by atoms with van der Waals surface area (Å²) >= 11 is 7.82. The van der Waals surface area contributed by atoms with Crippen LogP contribution in [0.5, 0.6) is 5.75 Å². The molecule has 3 aromatic rings. The molecule has 31 heavy (non-hydrogen) atoms. The largest absolute Gasteiger partial charge is 0.493 e. The van der Waals surface area contributed by atoms with Gasteiger partial charge in [0.1, 0.15) is 5.75 Å². The highest BCUT2D eigenvalue weighted by molar-refractivity contribution is 7.07. The zero-order valence-electron chi connectivity index (χ0n) is 17.3. The molecule has 0 saturated carbocycles. The summed E-state index contributed by atoms with van der Waals surface area (Å²) in [6.45, 7) is 2.44. The molecule has 2 heterocycles. The van der Waals surface area contributed by atoms with E-state index in [4.69, 9.17) is 21.1 Å². The lowest BCUT2D eigenvalue weighted by Crippen LogP contribution is -2.37. The fourth-order valence-corrected chi connectivity index (χ4v) is 4.63. The molecule has 1 aliphatic heterocycles. The van der Waals surface area contributed by atoms with Crippen molar-refractivity contribution in [2.45, 2.75) is 31.9 Å². The highest BCUT2D eigenvalue weighted by atomic mass is 35.5. The number of halogens is 1. The van der Waals surface area contributed by atoms with Gasteiger partial charge in [0.15, 0.2) is 0 Å². The molecule has 0 radical (unpaired) electrons. The molecule has 4 nitrogen and oxygen atoms in total. The van der Waals surface area contributed by atoms with Gasteiger partial charge in [-0.15, -0.1) is 0 Å². The molecule has 1 aliphatic rings. The van der Waals surface area contributed by atoms with Gasteiger partial charge in [-0.1, -0.05) is 29.8 Å². The second kappa shape index (κ2) is 10.8. The van der Waals surface area contributed by atoms with Gasteiger partial charge in [0, 0.05) is 36.7 Å². The Morgan fingerprint density at radius 2 is 2.06 bits per heavy atom. The van der Waals surface area contributed by atoms with Crippen LogP contribution in [0.4, 0.5) is 0 Å². The lowest BCUT2D eigenvalue weighted by atomic mass is 10.1. The van der Waals surface area contributed by atoms with Crippen molar-refractivity contribution in [3.05, 3.63) is 87.1 Å². The molecule has 162 valence electrons. The van der Waals surface area contributed by atoms with Crippen LogP contribution in [0.25, 0.3) is 0 Å². The minimum atomic E-state index is -0.0400. The van der Waals surface area contributed by atoms with E-state index in [-0.39, 0.29) is 12.0 Å². The van der Waals surface area contributed by atoms with Crippen LogP contribution < -0.4 is 4.74 Å². The average Bonchev–Trinajstić information content (AvgIpc) is 3.47. The SMILES string of the molecule is O=C(c1cccc(Cl)c1)N(Cc1cccc(OCCc2ccsc2)c1)CC1CCCO1. The zero-order valence-corrected chi connectivity index (χ0v) is 18.9. The first-order valence-electron chi connectivity index (χ1n) is 10.6. The van der Waals surface area contributed by atoms with Crippen LogP contribution in [0.3, 0.4) is 0 Å². The molecule has 1 fully saturated rings. The number of rotatable bonds is 9. The Labute approximate surface area is 192 Å². The first kappa shape index (κ1) is 21.9. The topological polar surface area (TPSA) is 38.8 Å². The van der Waals surface area contributed by atoms with Gasteiger partial charge < -0.3 is 14.4 Å². The van der Waals surface area contributed by atoms with Gasteiger partial charge in [-0.05, 0) is 71.1 Å². The third-order valence-corrected chi connectivity index (χ3v) is 6.29. The Hall–Kier alpha value is -2.34. The predicted molar refractivity (Wildman–Crippen MR) is 125 cm³/mol. The maximum atomic E-state index is 13.3. The minimum absolute atomic E-state index is 0.0400. The van der Waals surface area contributed by atoms with Crippen LogP contribution in [0.15, 0.2) is 65.4 Å². The van der Waals surface area contributed by atoms with Crippen LogP contribution in [0.1, 0.15) is 34.3 Å². The lowest BCUT2D eigenvalue weighted by molar-refractivity contribution is 0.0507. The summed E-state index contributed by atoms with van der Waals surface area (Å²) in [6, 6.07) is 17.2. The van der Waals surface area contributed by atoms with Crippen molar-refractivity contribution < 1.29 is 14.3 Å². The van der Waals surface area contributed by atoms with Crippen molar-refractivity contribution in [1.82, 2.24) is 4.90 Å². The second-order valence-electron chi connectivity index (χ2n) is 7.71. The molecule has 0 aliphatic carbocycles. The van der Waals surface area contributed by atoms with E-state index in [1.807, 2.05) is 35.2 Å². The third-order valence-electron chi connectivity index (χ3n) is 5.32. The number of nitrogens with zero attached hydrogens (tertiary/aromatic N) is 1. The van der Waals surface area contributed by atoms with E-state index < -0.39 is 0 Å². The first-order chi connectivity index (χ1) is 15.2. The molecule has 1 unspecified atom stereocenters. The van der Waals surface area contributed by atoms with Gasteiger partial charge in [-0.3, -0.25) is 4.79 Å². The molecular weight excluding hydrogens is 430 g/mol. The molecule has 0 bridgehead atoms. The van der Waals surface area contributed by atoms with E-state index in [2.05, 4.69) is 16.8 Å². The Balaban J connectivity index is 1.44. The van der Waals surface area contributed by atoms with E-state index in [1.54, 1.807) is 29.5 Å². The van der Waals surface area contributed by atoms with E-state index in [9.17, 15) is 4.79 Å². The first-order valence-corrected chi connectivity index (χ1v) is 11.9. The normalized spacial score (nSPS) is 15.7. The summed E-state index contributed by atoms with van der Waals surface area (Å²) in [5.41, 5.74) is 2.91. The van der Waals surface area contributed by atoms with Gasteiger partial charge in [0.25, 0.3) is 5.91 Å². The van der Waals surface area contributed by atoms with Crippen molar-refractivity contribution in [3.63, 3.8) is 0 Å². The summed E-state index contributed by atoms with van der Waals surface area (Å²) in [5, 5.41) is 4.78. The number of hydrogen-bond acceptors (Lipinski definition) is 4. The molecule has 2 aromatic carbocycles. The number of benzene rings is 2. The molecule has 1 amide bonds. The average molecular weight is 456 g/mol. The Kier molecular flexibility index (Phi) is 7.62. The van der Waals surface area contributed by atoms with Crippen molar-refractivity contribution in [1.29, 1.82) is 0 Å². The maximum Gasteiger partial charge on any atom is 0.254 e. The van der Waals surface area contributed by atoms with Crippen LogP contribution in [-0.2, 0) is 17.7 Å². The standard InChI is InChI=1S/C25H26ClNO3S/c26-22-6-2-5-21(15-22)25(28)27(17-24-8-3-11-29-24)16-20-4-1-7-23(14-20)30-12-9-19-10-13-31-18-19/h1-2,4-7,10,13-15,18,24H,3,8-9,11-12,16-17H2. The number of thiophene rings is 1. The van der Waals surface area contributed by atoms with Gasteiger partial charge in [0.2, 0.25) is 0 Å². The van der Waals surface area contributed by atoms with Crippen molar-refractivity contribution in [2.75, 3.05) is 19.8 Å². The van der Waals surface area contributed by atoms with Crippen LogP contribution in [-0.4, -0.2) is 36.7 Å². The molecule has 0 spiro atoms. The molecule has 1 saturated heterocycles. The fraction of sp³-hybridized carbons (Fsp3) is 0.320. The van der Waals surface area contributed by atoms with E-state index in [0.717, 1.165) is 37.2 Å². The summed E-state index contributed by atoms with van der Waals surface area (Å²) < 4.78 is 11.8. The molecule has 4 rings (SSSR count).